The van der Waals surface area contributed by atoms with Crippen molar-refractivity contribution in [1.82, 2.24) is 0 Å². The van der Waals surface area contributed by atoms with E-state index in [9.17, 15) is 19.0 Å². The summed E-state index contributed by atoms with van der Waals surface area (Å²) >= 11 is 0. The quantitative estimate of drug-likeness (QED) is 0.0277. The molecule has 2 atom stereocenters. The average Bonchev–Trinajstić information content (AvgIpc) is 3.08. The molecule has 0 aromatic carbocycles. The molecule has 3 N–H and O–H groups in total. The first-order valence-corrected chi connectivity index (χ1v) is 21.7. The lowest BCUT2D eigenvalue weighted by Crippen LogP contribution is -2.29. The maximum Gasteiger partial charge on any atom is 0.472 e. The van der Waals surface area contributed by atoms with Gasteiger partial charge in [-0.1, -0.05) is 154 Å². The van der Waals surface area contributed by atoms with Gasteiger partial charge in [0, 0.05) is 19.4 Å². The van der Waals surface area contributed by atoms with Gasteiger partial charge in [-0.05, 0) is 38.5 Å². The molecule has 0 aromatic heterocycles. The number of phosphoric ester groups is 1. The van der Waals surface area contributed by atoms with Crippen LogP contribution in [0.15, 0.2) is 12.2 Å². The Morgan fingerprint density at radius 1 is 0.592 bits per heavy atom. The summed E-state index contributed by atoms with van der Waals surface area (Å²) in [5, 5.41) is 0. The molecule has 0 aromatic rings. The van der Waals surface area contributed by atoms with E-state index < -0.39 is 26.5 Å². The van der Waals surface area contributed by atoms with E-state index in [1.807, 2.05) is 0 Å². The standard InChI is InChI=1S/C39H76NO8P/c1-3-5-7-9-11-13-15-17-18-20-21-23-25-27-29-31-38(41)45-35-37(36-47-49(43,44)46-34-33-40)48-39(42)32-30-28-26-24-22-19-16-14-12-10-8-6-4-2/h17-18,37H,3-16,19-36,40H2,1-2H3,(H,43,44)/b18-17-. The number of carbonyl (C=O) groups excluding carboxylic acids is 2. The number of ether oxygens (including phenoxy) is 2. The first-order chi connectivity index (χ1) is 23.8. The number of hydrogen-bond donors (Lipinski definition) is 2. The van der Waals surface area contributed by atoms with Crippen molar-refractivity contribution in [2.24, 2.45) is 5.73 Å². The van der Waals surface area contributed by atoms with Crippen LogP contribution in [0, 0.1) is 0 Å². The van der Waals surface area contributed by atoms with Crippen LogP contribution in [-0.4, -0.2) is 49.3 Å². The highest BCUT2D eigenvalue weighted by Gasteiger charge is 2.26. The second-order valence-corrected chi connectivity index (χ2v) is 15.0. The summed E-state index contributed by atoms with van der Waals surface area (Å²) in [6.07, 6.45) is 35.2. The van der Waals surface area contributed by atoms with Crippen molar-refractivity contribution in [2.75, 3.05) is 26.4 Å². The van der Waals surface area contributed by atoms with E-state index in [1.54, 1.807) is 0 Å². The van der Waals surface area contributed by atoms with E-state index >= 15 is 0 Å². The van der Waals surface area contributed by atoms with Crippen LogP contribution in [0.1, 0.15) is 194 Å². The zero-order valence-corrected chi connectivity index (χ0v) is 32.6. The van der Waals surface area contributed by atoms with Crippen molar-refractivity contribution in [3.05, 3.63) is 12.2 Å². The molecule has 0 aliphatic carbocycles. The number of carbonyl (C=O) groups is 2. The van der Waals surface area contributed by atoms with Crippen LogP contribution in [-0.2, 0) is 32.7 Å². The molecular weight excluding hydrogens is 641 g/mol. The molecule has 0 aliphatic heterocycles. The number of phosphoric acid groups is 1. The number of unbranched alkanes of at least 4 members (excludes halogenated alkanes) is 23. The lowest BCUT2D eigenvalue weighted by Gasteiger charge is -2.19. The summed E-state index contributed by atoms with van der Waals surface area (Å²) in [5.74, 6) is -0.831. The highest BCUT2D eigenvalue weighted by Crippen LogP contribution is 2.43. The van der Waals surface area contributed by atoms with Crippen molar-refractivity contribution in [2.45, 2.75) is 200 Å². The third-order valence-electron chi connectivity index (χ3n) is 8.65. The molecule has 290 valence electrons. The van der Waals surface area contributed by atoms with Gasteiger partial charge in [-0.15, -0.1) is 0 Å². The molecule has 9 nitrogen and oxygen atoms in total. The molecule has 0 rings (SSSR count). The van der Waals surface area contributed by atoms with Gasteiger partial charge < -0.3 is 20.1 Å². The van der Waals surface area contributed by atoms with E-state index in [2.05, 4.69) is 26.0 Å². The molecule has 0 saturated carbocycles. The average molecular weight is 718 g/mol. The summed E-state index contributed by atoms with van der Waals surface area (Å²) < 4.78 is 32.7. The first-order valence-electron chi connectivity index (χ1n) is 20.2. The largest absolute Gasteiger partial charge is 0.472 e. The van der Waals surface area contributed by atoms with E-state index in [1.165, 1.54) is 109 Å². The van der Waals surface area contributed by atoms with Crippen LogP contribution < -0.4 is 5.73 Å². The zero-order chi connectivity index (χ0) is 36.1. The summed E-state index contributed by atoms with van der Waals surface area (Å²) in [6, 6.07) is 0. The van der Waals surface area contributed by atoms with Gasteiger partial charge in [0.25, 0.3) is 0 Å². The third kappa shape index (κ3) is 36.3. The molecule has 0 saturated heterocycles. The Labute approximate surface area is 300 Å². The molecule has 2 unspecified atom stereocenters. The topological polar surface area (TPSA) is 134 Å². The maximum absolute atomic E-state index is 12.5. The van der Waals surface area contributed by atoms with Crippen molar-refractivity contribution in [3.8, 4) is 0 Å². The minimum Gasteiger partial charge on any atom is -0.462 e. The molecule has 0 amide bonds. The van der Waals surface area contributed by atoms with E-state index in [-0.39, 0.29) is 38.6 Å². The molecule has 0 aliphatic rings. The highest BCUT2D eigenvalue weighted by atomic mass is 31.2. The van der Waals surface area contributed by atoms with E-state index in [4.69, 9.17) is 24.3 Å². The fourth-order valence-corrected chi connectivity index (χ4v) is 6.39. The van der Waals surface area contributed by atoms with Gasteiger partial charge in [0.05, 0.1) is 13.2 Å². The summed E-state index contributed by atoms with van der Waals surface area (Å²) in [4.78, 5) is 34.7. The van der Waals surface area contributed by atoms with Gasteiger partial charge in [-0.2, -0.15) is 0 Å². The Morgan fingerprint density at radius 2 is 1.00 bits per heavy atom. The monoisotopic (exact) mass is 718 g/mol. The fourth-order valence-electron chi connectivity index (χ4n) is 5.63. The molecule has 0 fully saturated rings. The molecule has 0 spiro atoms. The Kier molecular flexibility index (Phi) is 35.6. The van der Waals surface area contributed by atoms with Gasteiger partial charge in [0.1, 0.15) is 6.61 Å². The summed E-state index contributed by atoms with van der Waals surface area (Å²) in [6.45, 7) is 3.73. The van der Waals surface area contributed by atoms with Gasteiger partial charge in [0.15, 0.2) is 6.10 Å². The molecule has 49 heavy (non-hydrogen) atoms. The van der Waals surface area contributed by atoms with Crippen molar-refractivity contribution in [1.29, 1.82) is 0 Å². The number of esters is 2. The van der Waals surface area contributed by atoms with Crippen molar-refractivity contribution >= 4 is 19.8 Å². The lowest BCUT2D eigenvalue weighted by atomic mass is 10.0. The fraction of sp³-hybridized carbons (Fsp3) is 0.897. The van der Waals surface area contributed by atoms with Gasteiger partial charge >= 0.3 is 19.8 Å². The van der Waals surface area contributed by atoms with Gasteiger partial charge in [0.2, 0.25) is 0 Å². The van der Waals surface area contributed by atoms with Crippen molar-refractivity contribution in [3.63, 3.8) is 0 Å². The van der Waals surface area contributed by atoms with Crippen LogP contribution in [0.4, 0.5) is 0 Å². The molecule has 0 bridgehead atoms. The third-order valence-corrected chi connectivity index (χ3v) is 9.64. The second-order valence-electron chi connectivity index (χ2n) is 13.5. The second kappa shape index (κ2) is 36.5. The summed E-state index contributed by atoms with van der Waals surface area (Å²) in [5.41, 5.74) is 5.33. The van der Waals surface area contributed by atoms with Crippen LogP contribution >= 0.6 is 7.82 Å². The number of nitrogens with two attached hydrogens (primary N) is 1. The van der Waals surface area contributed by atoms with E-state index in [0.29, 0.717) is 6.42 Å². The smallest absolute Gasteiger partial charge is 0.462 e. The first kappa shape index (κ1) is 47.8. The Morgan fingerprint density at radius 3 is 1.45 bits per heavy atom. The summed E-state index contributed by atoms with van der Waals surface area (Å²) in [7, 11) is -4.37. The van der Waals surface area contributed by atoms with Gasteiger partial charge in [-0.3, -0.25) is 18.6 Å². The Bertz CT molecular complexity index is 825. The maximum atomic E-state index is 12.5. The van der Waals surface area contributed by atoms with E-state index in [0.717, 1.165) is 51.4 Å². The van der Waals surface area contributed by atoms with Gasteiger partial charge in [-0.25, -0.2) is 4.57 Å². The predicted octanol–water partition coefficient (Wildman–Crippen LogP) is 11.1. The van der Waals surface area contributed by atoms with Crippen LogP contribution in [0.5, 0.6) is 0 Å². The number of rotatable bonds is 38. The number of allylic oxidation sites excluding steroid dienone is 2. The van der Waals surface area contributed by atoms with Crippen LogP contribution in [0.3, 0.4) is 0 Å². The predicted molar refractivity (Wildman–Crippen MR) is 201 cm³/mol. The molecule has 0 radical (unpaired) electrons. The van der Waals surface area contributed by atoms with Crippen LogP contribution in [0.2, 0.25) is 0 Å². The zero-order valence-electron chi connectivity index (χ0n) is 31.7. The lowest BCUT2D eigenvalue weighted by molar-refractivity contribution is -0.161. The highest BCUT2D eigenvalue weighted by molar-refractivity contribution is 7.47. The normalized spacial score (nSPS) is 13.5. The molecule has 10 heteroatoms. The minimum absolute atomic E-state index is 0.0550. The van der Waals surface area contributed by atoms with Crippen LogP contribution in [0.25, 0.3) is 0 Å². The SMILES string of the molecule is CCCCCCCC/C=C\CCCCCCCC(=O)OCC(COP(=O)(O)OCCN)OC(=O)CCCCCCCCCCCCCCC. The molecule has 0 heterocycles. The minimum atomic E-state index is -4.37. The van der Waals surface area contributed by atoms with Crippen molar-refractivity contribution < 1.29 is 37.6 Å². The Balaban J connectivity index is 4.18. The Hall–Kier alpha value is -1.25. The molecular formula is C39H76NO8P. The number of hydrogen-bond acceptors (Lipinski definition) is 8.